The number of nitrogens with two attached hydrogens (primary N) is 7. The Morgan fingerprint density at radius 3 is 1.45 bits per heavy atom. The molecule has 0 unspecified atom stereocenters. The minimum atomic E-state index is -1.79. The van der Waals surface area contributed by atoms with Gasteiger partial charge in [-0.25, -0.2) is 9.78 Å². The zero-order valence-corrected chi connectivity index (χ0v) is 50.0. The van der Waals surface area contributed by atoms with Gasteiger partial charge in [0, 0.05) is 54.8 Å². The number of amides is 9. The number of imidazole rings is 1. The van der Waals surface area contributed by atoms with Crippen LogP contribution in [0.15, 0.2) is 48.0 Å². The second-order valence-electron chi connectivity index (χ2n) is 21.5. The Morgan fingerprint density at radius 1 is 0.557 bits per heavy atom. The van der Waals surface area contributed by atoms with Crippen molar-refractivity contribution >= 4 is 82.0 Å². The van der Waals surface area contributed by atoms with Crippen molar-refractivity contribution in [3.05, 3.63) is 54.2 Å². The van der Waals surface area contributed by atoms with Crippen molar-refractivity contribution in [3.63, 3.8) is 0 Å². The molecule has 32 heteroatoms. The highest BCUT2D eigenvalue weighted by Crippen LogP contribution is 2.20. The highest BCUT2D eigenvalue weighted by molar-refractivity contribution is 5.99. The van der Waals surface area contributed by atoms with Gasteiger partial charge in [0.05, 0.1) is 18.8 Å². The molecule has 0 aliphatic heterocycles. The lowest BCUT2D eigenvalue weighted by Gasteiger charge is -2.28. The van der Waals surface area contributed by atoms with Gasteiger partial charge in [-0.2, -0.15) is 0 Å². The van der Waals surface area contributed by atoms with E-state index in [0.717, 1.165) is 0 Å². The molecule has 26 N–H and O–H groups in total. The topological polar surface area (TPSA) is 563 Å². The van der Waals surface area contributed by atoms with E-state index in [-0.39, 0.29) is 89.3 Å². The van der Waals surface area contributed by atoms with Crippen molar-refractivity contribution in [3.8, 4) is 0 Å². The number of aliphatic imine (C=N–C) groups is 1. The number of rotatable bonds is 44. The van der Waals surface area contributed by atoms with Crippen LogP contribution in [0.1, 0.15) is 121 Å². The normalized spacial score (nSPS) is 14.6. The SMILES string of the molecule is CC[C@H](C)[C@H](N)C(=O)N[C@@H](CCCCN)C(=O)N[C@@H](CCCN=C(N)N)C(=O)N[C@@H](CCCCN)C(=O)N[C@@H](CC(N)=O)C(=O)N[C@@H](CCCCN)C(=O)N[C@@H](Cc1cnc[nH]1)C(=O)N[C@@H](CCC(=O)O)C(=O)N[C@@H](Cc1c[nH]c2ccccc12)C(=O)O. The number of primary amides is 1. The summed E-state index contributed by atoms with van der Waals surface area (Å²) in [4.78, 5) is 164. The third-order valence-electron chi connectivity index (χ3n) is 14.5. The van der Waals surface area contributed by atoms with Crippen molar-refractivity contribution in [2.24, 2.45) is 51.0 Å². The highest BCUT2D eigenvalue weighted by Gasteiger charge is 2.36. The van der Waals surface area contributed by atoms with Crippen LogP contribution in [0.3, 0.4) is 0 Å². The predicted molar refractivity (Wildman–Crippen MR) is 324 cm³/mol. The first kappa shape index (κ1) is 73.5. The van der Waals surface area contributed by atoms with Gasteiger partial charge in [0.2, 0.25) is 53.2 Å². The third kappa shape index (κ3) is 26.1. The summed E-state index contributed by atoms with van der Waals surface area (Å²) in [6.45, 7) is 4.34. The fourth-order valence-electron chi connectivity index (χ4n) is 9.24. The first-order chi connectivity index (χ1) is 41.9. The monoisotopic (exact) mass is 1240 g/mol. The van der Waals surface area contributed by atoms with Gasteiger partial charge in [-0.1, -0.05) is 38.5 Å². The molecule has 3 rings (SSSR count). The molecule has 0 fully saturated rings. The molecule has 3 aromatic rings. The Bertz CT molecular complexity index is 2790. The molecular weight excluding hydrogens is 1150 g/mol. The number of carbonyl (C=O) groups excluding carboxylic acids is 9. The van der Waals surface area contributed by atoms with Crippen LogP contribution in [0.4, 0.5) is 0 Å². The molecule has 32 nitrogen and oxygen atoms in total. The van der Waals surface area contributed by atoms with Gasteiger partial charge in [-0.15, -0.1) is 0 Å². The molecule has 0 bridgehead atoms. The third-order valence-corrected chi connectivity index (χ3v) is 14.5. The number of H-pyrrole nitrogens is 2. The van der Waals surface area contributed by atoms with Crippen molar-refractivity contribution in [2.75, 3.05) is 26.2 Å². The van der Waals surface area contributed by atoms with E-state index in [2.05, 4.69) is 62.5 Å². The fourth-order valence-corrected chi connectivity index (χ4v) is 9.24. The van der Waals surface area contributed by atoms with Gasteiger partial charge < -0.3 is 103 Å². The Labute approximate surface area is 509 Å². The summed E-state index contributed by atoms with van der Waals surface area (Å²) in [7, 11) is 0. The van der Waals surface area contributed by atoms with Crippen LogP contribution in [-0.4, -0.2) is 177 Å². The zero-order valence-electron chi connectivity index (χ0n) is 50.0. The van der Waals surface area contributed by atoms with E-state index in [1.165, 1.54) is 12.5 Å². The molecule has 9 amide bonds. The average Bonchev–Trinajstić information content (AvgIpc) is 2.80. The van der Waals surface area contributed by atoms with Gasteiger partial charge >= 0.3 is 11.9 Å². The molecule has 0 saturated heterocycles. The average molecular weight is 1240 g/mol. The Kier molecular flexibility index (Phi) is 32.7. The van der Waals surface area contributed by atoms with Gasteiger partial charge in [0.15, 0.2) is 5.96 Å². The number of aliphatic carboxylic acids is 2. The standard InChI is InChI=1S/C56H91N19O13/c1-3-31(2)46(61)54(86)72-38(17-8-11-23-59)47(79)69-39(18-12-24-65-56(62)63)48(80)68-36(15-6-9-21-57)50(82)74-42(27-44(60)76)53(85)70-37(16-7-10-22-58)49(81)73-41(26-33-29-64-30-67-33)52(84)71-40(19-20-45(77)78)51(83)75-43(55(87)88)25-32-28-66-35-14-5-4-13-34(32)35/h4-5,13-14,28-31,36-43,46,66H,3,6-12,15-27,57-59,61H2,1-2H3,(H2,60,76)(H,64,67)(H,68,80)(H,69,79)(H,70,85)(H,71,84)(H,72,86)(H,73,81)(H,74,82)(H,75,83)(H,77,78)(H,87,88)(H4,62,63,65)/t31-,36-,37-,38-,39-,40-,41-,42-,43-,46-/m0/s1. The van der Waals surface area contributed by atoms with E-state index >= 15 is 0 Å². The zero-order chi connectivity index (χ0) is 65.3. The smallest absolute Gasteiger partial charge is 0.326 e. The van der Waals surface area contributed by atoms with E-state index in [4.69, 9.17) is 40.1 Å². The van der Waals surface area contributed by atoms with E-state index in [0.29, 0.717) is 60.8 Å². The van der Waals surface area contributed by atoms with Crippen LogP contribution >= 0.6 is 0 Å². The largest absolute Gasteiger partial charge is 0.481 e. The highest BCUT2D eigenvalue weighted by atomic mass is 16.4. The molecule has 0 saturated carbocycles. The summed E-state index contributed by atoms with van der Waals surface area (Å²) in [6.07, 6.45) is 4.42. The number of aromatic nitrogens is 3. The molecule has 0 aliphatic carbocycles. The maximum Gasteiger partial charge on any atom is 0.326 e. The number of unbranched alkanes of at least 4 members (excludes halogenated alkanes) is 3. The van der Waals surface area contributed by atoms with Crippen molar-refractivity contribution in [1.82, 2.24) is 57.5 Å². The Balaban J connectivity index is 1.94. The first-order valence-electron chi connectivity index (χ1n) is 29.5. The molecule has 2 aromatic heterocycles. The predicted octanol–water partition coefficient (Wildman–Crippen LogP) is -3.81. The van der Waals surface area contributed by atoms with Crippen LogP contribution < -0.4 is 82.7 Å². The molecule has 1 aromatic carbocycles. The number of nitrogens with zero attached hydrogens (tertiary/aromatic N) is 2. The summed E-state index contributed by atoms with van der Waals surface area (Å²) in [5.74, 6) is -11.6. The number of nitrogens with one attached hydrogen (secondary N) is 10. The van der Waals surface area contributed by atoms with E-state index in [1.807, 2.05) is 6.92 Å². The number of para-hydroxylation sites is 1. The van der Waals surface area contributed by atoms with Gasteiger partial charge in [-0.3, -0.25) is 52.9 Å². The molecule has 0 radical (unpaired) electrons. The number of hydrogen-bond donors (Lipinski definition) is 19. The molecule has 0 aliphatic rings. The van der Waals surface area contributed by atoms with Crippen LogP contribution in [-0.2, 0) is 65.6 Å². The molecule has 488 valence electrons. The Morgan fingerprint density at radius 2 is 1.00 bits per heavy atom. The van der Waals surface area contributed by atoms with E-state index in [9.17, 15) is 63.0 Å². The van der Waals surface area contributed by atoms with Crippen LogP contribution in [0, 0.1) is 5.92 Å². The maximum absolute atomic E-state index is 14.5. The van der Waals surface area contributed by atoms with Crippen molar-refractivity contribution in [2.45, 2.75) is 177 Å². The molecule has 10 atom stereocenters. The number of carboxylic acid groups (broad SMARTS) is 2. The maximum atomic E-state index is 14.5. The fraction of sp³-hybridized carbons (Fsp3) is 0.589. The number of aromatic amines is 2. The number of guanidine groups is 1. The summed E-state index contributed by atoms with van der Waals surface area (Å²) < 4.78 is 0. The summed E-state index contributed by atoms with van der Waals surface area (Å²) >= 11 is 0. The van der Waals surface area contributed by atoms with E-state index in [1.54, 1.807) is 37.4 Å². The van der Waals surface area contributed by atoms with Crippen LogP contribution in [0.5, 0.6) is 0 Å². The molecular formula is C56H91N19O13. The lowest BCUT2D eigenvalue weighted by atomic mass is 9.98. The summed E-state index contributed by atoms with van der Waals surface area (Å²) in [5.41, 5.74) is 41.7. The molecule has 2 heterocycles. The quantitative estimate of drug-likeness (QED) is 0.0147. The lowest BCUT2D eigenvalue weighted by molar-refractivity contribution is -0.143. The second kappa shape index (κ2) is 39.1. The minimum absolute atomic E-state index is 0.0362. The minimum Gasteiger partial charge on any atom is -0.481 e. The summed E-state index contributed by atoms with van der Waals surface area (Å²) in [5, 5.41) is 40.9. The van der Waals surface area contributed by atoms with E-state index < -0.39 is 139 Å². The van der Waals surface area contributed by atoms with Gasteiger partial charge in [0.1, 0.15) is 48.3 Å². The van der Waals surface area contributed by atoms with Gasteiger partial charge in [0.25, 0.3) is 0 Å². The van der Waals surface area contributed by atoms with Crippen molar-refractivity contribution < 1.29 is 63.0 Å². The van der Waals surface area contributed by atoms with Gasteiger partial charge in [-0.05, 0) is 114 Å². The lowest BCUT2D eigenvalue weighted by Crippen LogP contribution is -2.61. The Hall–Kier alpha value is -8.75. The number of carboxylic acids is 2. The number of carbonyl (C=O) groups is 11. The number of fused-ring (bicyclic) bond motifs is 1. The summed E-state index contributed by atoms with van der Waals surface area (Å²) in [6, 6.07) is -5.94. The molecule has 88 heavy (non-hydrogen) atoms. The van der Waals surface area contributed by atoms with Crippen molar-refractivity contribution in [1.29, 1.82) is 0 Å². The number of hydrogen-bond acceptors (Lipinski definition) is 17. The van der Waals surface area contributed by atoms with Crippen LogP contribution in [0.25, 0.3) is 10.9 Å². The first-order valence-corrected chi connectivity index (χ1v) is 29.5. The van der Waals surface area contributed by atoms with Crippen LogP contribution in [0.2, 0.25) is 0 Å². The molecule has 0 spiro atoms. The second-order valence-corrected chi connectivity index (χ2v) is 21.5. The number of benzene rings is 1.